The highest BCUT2D eigenvalue weighted by Gasteiger charge is 2.21. The van der Waals surface area contributed by atoms with Gasteiger partial charge in [0.05, 0.1) is 6.61 Å². The highest BCUT2D eigenvalue weighted by atomic mass is 16.5. The van der Waals surface area contributed by atoms with E-state index >= 15 is 0 Å². The van der Waals surface area contributed by atoms with Crippen LogP contribution in [0.25, 0.3) is 0 Å². The number of nitrogens with zero attached hydrogens (tertiary/aromatic N) is 2. The molecule has 2 fully saturated rings. The third-order valence-corrected chi connectivity index (χ3v) is 3.98. The van der Waals surface area contributed by atoms with E-state index < -0.39 is 0 Å². The van der Waals surface area contributed by atoms with Gasteiger partial charge in [-0.15, -0.1) is 0 Å². The van der Waals surface area contributed by atoms with Gasteiger partial charge in [-0.3, -0.25) is 4.99 Å². The molecule has 0 saturated carbocycles. The molecule has 2 atom stereocenters. The molecule has 2 unspecified atom stereocenters. The van der Waals surface area contributed by atoms with Crippen LogP contribution in [0.5, 0.6) is 0 Å². The molecule has 0 bridgehead atoms. The number of likely N-dealkylation sites (N-methyl/N-ethyl adjacent to an activating group) is 1. The third-order valence-electron chi connectivity index (χ3n) is 3.98. The lowest BCUT2D eigenvalue weighted by molar-refractivity contribution is 0.186. The molecule has 5 heteroatoms. The Morgan fingerprint density at radius 2 is 2.17 bits per heavy atom. The van der Waals surface area contributed by atoms with Crippen LogP contribution >= 0.6 is 0 Å². The average Bonchev–Trinajstić information content (AvgIpc) is 3.01. The summed E-state index contributed by atoms with van der Waals surface area (Å²) in [7, 11) is 4.03. The molecular formula is C13H26N4O. The smallest absolute Gasteiger partial charge is 0.191 e. The average molecular weight is 254 g/mol. The van der Waals surface area contributed by atoms with E-state index in [1.54, 1.807) is 0 Å². The fourth-order valence-electron chi connectivity index (χ4n) is 2.66. The highest BCUT2D eigenvalue weighted by molar-refractivity contribution is 5.79. The lowest BCUT2D eigenvalue weighted by Crippen LogP contribution is -2.45. The molecular weight excluding hydrogens is 228 g/mol. The van der Waals surface area contributed by atoms with Crippen molar-refractivity contribution in [2.24, 2.45) is 10.9 Å². The molecule has 0 radical (unpaired) electrons. The van der Waals surface area contributed by atoms with Gasteiger partial charge in [0.15, 0.2) is 5.96 Å². The van der Waals surface area contributed by atoms with Gasteiger partial charge in [0.1, 0.15) is 0 Å². The first-order valence-electron chi connectivity index (χ1n) is 7.02. The summed E-state index contributed by atoms with van der Waals surface area (Å²) < 4.78 is 5.37. The second-order valence-corrected chi connectivity index (χ2v) is 5.34. The molecule has 2 aliphatic heterocycles. The highest BCUT2D eigenvalue weighted by Crippen LogP contribution is 2.13. The van der Waals surface area contributed by atoms with Gasteiger partial charge in [-0.2, -0.15) is 0 Å². The van der Waals surface area contributed by atoms with Gasteiger partial charge in [0.25, 0.3) is 0 Å². The van der Waals surface area contributed by atoms with Crippen LogP contribution in [0.2, 0.25) is 0 Å². The maximum Gasteiger partial charge on any atom is 0.191 e. The minimum atomic E-state index is 0.637. The van der Waals surface area contributed by atoms with E-state index in [0.29, 0.717) is 12.0 Å². The summed E-state index contributed by atoms with van der Waals surface area (Å²) in [5, 5.41) is 6.81. The van der Waals surface area contributed by atoms with Crippen LogP contribution in [0, 0.1) is 5.92 Å². The van der Waals surface area contributed by atoms with Crippen LogP contribution in [0.3, 0.4) is 0 Å². The summed E-state index contributed by atoms with van der Waals surface area (Å²) in [5.74, 6) is 1.56. The van der Waals surface area contributed by atoms with Crippen LogP contribution in [0.1, 0.15) is 19.3 Å². The molecule has 0 aromatic rings. The quantitative estimate of drug-likeness (QED) is 0.559. The fraction of sp³-hybridized carbons (Fsp3) is 0.923. The maximum absolute atomic E-state index is 5.37. The zero-order valence-electron chi connectivity index (χ0n) is 11.6. The van der Waals surface area contributed by atoms with E-state index in [9.17, 15) is 0 Å². The van der Waals surface area contributed by atoms with Crippen molar-refractivity contribution in [1.82, 2.24) is 15.5 Å². The van der Waals surface area contributed by atoms with E-state index in [1.165, 1.54) is 19.4 Å². The first kappa shape index (κ1) is 13.6. The molecule has 0 spiro atoms. The summed E-state index contributed by atoms with van der Waals surface area (Å²) in [6.07, 6.45) is 3.76. The monoisotopic (exact) mass is 254 g/mol. The Morgan fingerprint density at radius 1 is 1.33 bits per heavy atom. The van der Waals surface area contributed by atoms with E-state index in [1.807, 2.05) is 7.05 Å². The molecule has 2 rings (SSSR count). The van der Waals surface area contributed by atoms with Gasteiger partial charge in [-0.25, -0.2) is 0 Å². The summed E-state index contributed by atoms with van der Waals surface area (Å²) in [6.45, 7) is 4.95. The Bertz CT molecular complexity index is 276. The van der Waals surface area contributed by atoms with Crippen LogP contribution in [-0.4, -0.2) is 63.8 Å². The predicted octanol–water partition coefficient (Wildman–Crippen LogP) is 0.282. The molecule has 2 N–H and O–H groups in total. The number of likely N-dealkylation sites (tertiary alicyclic amines) is 1. The summed E-state index contributed by atoms with van der Waals surface area (Å²) >= 11 is 0. The van der Waals surface area contributed by atoms with E-state index in [2.05, 4.69) is 27.6 Å². The number of ether oxygens (including phenoxy) is 1. The van der Waals surface area contributed by atoms with Crippen LogP contribution in [-0.2, 0) is 4.74 Å². The van der Waals surface area contributed by atoms with Crippen molar-refractivity contribution in [3.8, 4) is 0 Å². The van der Waals surface area contributed by atoms with Crippen LogP contribution < -0.4 is 10.6 Å². The molecule has 5 nitrogen and oxygen atoms in total. The molecule has 104 valence electrons. The standard InChI is InChI=1S/C13H26N4O/c1-14-13(15-8-11-5-7-18-10-11)16-9-12-4-3-6-17(12)2/h11-12H,3-10H2,1-2H3,(H2,14,15,16). The zero-order chi connectivity index (χ0) is 12.8. The van der Waals surface area contributed by atoms with E-state index in [0.717, 1.165) is 38.7 Å². The minimum Gasteiger partial charge on any atom is -0.381 e. The number of hydrogen-bond acceptors (Lipinski definition) is 3. The van der Waals surface area contributed by atoms with Gasteiger partial charge >= 0.3 is 0 Å². The second-order valence-electron chi connectivity index (χ2n) is 5.34. The van der Waals surface area contributed by atoms with Gasteiger partial charge in [-0.05, 0) is 32.9 Å². The molecule has 2 saturated heterocycles. The second kappa shape index (κ2) is 6.95. The topological polar surface area (TPSA) is 48.9 Å². The van der Waals surface area contributed by atoms with Crippen molar-refractivity contribution in [2.45, 2.75) is 25.3 Å². The van der Waals surface area contributed by atoms with Gasteiger partial charge in [0, 0.05) is 38.7 Å². The van der Waals surface area contributed by atoms with Gasteiger partial charge in [0.2, 0.25) is 0 Å². The Balaban J connectivity index is 1.65. The summed E-state index contributed by atoms with van der Waals surface area (Å²) in [6, 6.07) is 0.651. The number of guanidine groups is 1. The number of rotatable bonds is 4. The first-order chi connectivity index (χ1) is 8.79. The van der Waals surface area contributed by atoms with Gasteiger partial charge in [-0.1, -0.05) is 0 Å². The fourth-order valence-corrected chi connectivity index (χ4v) is 2.66. The number of nitrogens with one attached hydrogen (secondary N) is 2. The largest absolute Gasteiger partial charge is 0.381 e. The Morgan fingerprint density at radius 3 is 2.78 bits per heavy atom. The molecule has 0 aromatic carbocycles. The Labute approximate surface area is 110 Å². The van der Waals surface area contributed by atoms with Crippen molar-refractivity contribution < 1.29 is 4.74 Å². The molecule has 0 aromatic heterocycles. The Kier molecular flexibility index (Phi) is 5.26. The first-order valence-corrected chi connectivity index (χ1v) is 7.02. The van der Waals surface area contributed by atoms with Crippen LogP contribution in [0.4, 0.5) is 0 Å². The normalized spacial score (nSPS) is 29.8. The minimum absolute atomic E-state index is 0.637. The Hall–Kier alpha value is -0.810. The predicted molar refractivity (Wildman–Crippen MR) is 73.9 cm³/mol. The van der Waals surface area contributed by atoms with Crippen molar-refractivity contribution in [3.63, 3.8) is 0 Å². The van der Waals surface area contributed by atoms with Crippen LogP contribution in [0.15, 0.2) is 4.99 Å². The molecule has 0 amide bonds. The summed E-state index contributed by atoms with van der Waals surface area (Å²) in [4.78, 5) is 6.69. The number of hydrogen-bond donors (Lipinski definition) is 2. The molecule has 18 heavy (non-hydrogen) atoms. The van der Waals surface area contributed by atoms with Crippen molar-refractivity contribution >= 4 is 5.96 Å². The molecule has 2 aliphatic rings. The van der Waals surface area contributed by atoms with E-state index in [-0.39, 0.29) is 0 Å². The zero-order valence-corrected chi connectivity index (χ0v) is 11.6. The summed E-state index contributed by atoms with van der Waals surface area (Å²) in [5.41, 5.74) is 0. The third kappa shape index (κ3) is 3.85. The van der Waals surface area contributed by atoms with Crippen molar-refractivity contribution in [1.29, 1.82) is 0 Å². The molecule has 2 heterocycles. The molecule has 0 aliphatic carbocycles. The van der Waals surface area contributed by atoms with Crippen molar-refractivity contribution in [2.75, 3.05) is 46.9 Å². The van der Waals surface area contributed by atoms with Crippen molar-refractivity contribution in [3.05, 3.63) is 0 Å². The lowest BCUT2D eigenvalue weighted by Gasteiger charge is -2.21. The van der Waals surface area contributed by atoms with E-state index in [4.69, 9.17) is 4.74 Å². The maximum atomic E-state index is 5.37. The SMILES string of the molecule is CN=C(NCC1CCOC1)NCC1CCCN1C. The lowest BCUT2D eigenvalue weighted by atomic mass is 10.1. The number of aliphatic imine (C=N–C) groups is 1. The van der Waals surface area contributed by atoms with Gasteiger partial charge < -0.3 is 20.3 Å².